The molecule has 1 unspecified atom stereocenters. The van der Waals surface area contributed by atoms with Crippen LogP contribution in [0.15, 0.2) is 16.7 Å². The van der Waals surface area contributed by atoms with Gasteiger partial charge in [-0.1, -0.05) is 0 Å². The van der Waals surface area contributed by atoms with Gasteiger partial charge in [0, 0.05) is 17.2 Å². The average molecular weight is 265 g/mol. The van der Waals surface area contributed by atoms with Gasteiger partial charge in [0.2, 0.25) is 0 Å². The lowest BCUT2D eigenvalue weighted by Gasteiger charge is -2.25. The van der Waals surface area contributed by atoms with Crippen LogP contribution in [0.2, 0.25) is 0 Å². The van der Waals surface area contributed by atoms with Crippen LogP contribution in [0.4, 0.5) is 8.78 Å². The van der Waals surface area contributed by atoms with E-state index in [1.807, 2.05) is 0 Å². The molecule has 14 heavy (non-hydrogen) atoms. The lowest BCUT2D eigenvalue weighted by atomic mass is 10.2. The van der Waals surface area contributed by atoms with E-state index < -0.39 is 12.5 Å². The molecular weight excluding hydrogens is 258 g/mol. The van der Waals surface area contributed by atoms with Crippen molar-refractivity contribution in [1.82, 2.24) is 9.88 Å². The first kappa shape index (κ1) is 9.64. The van der Waals surface area contributed by atoms with E-state index in [0.29, 0.717) is 4.47 Å². The number of aromatic nitrogens is 1. The van der Waals surface area contributed by atoms with Crippen LogP contribution in [0, 0.1) is 0 Å². The van der Waals surface area contributed by atoms with Gasteiger partial charge >= 0.3 is 0 Å². The maximum Gasteiger partial charge on any atom is 0.268 e. The molecule has 1 N–H and O–H groups in total. The Hall–Kier alpha value is -0.910. The van der Waals surface area contributed by atoms with Crippen LogP contribution in [-0.2, 0) is 0 Å². The van der Waals surface area contributed by atoms with E-state index in [-0.39, 0.29) is 18.1 Å². The Morgan fingerprint density at radius 2 is 2.36 bits per heavy atom. The molecule has 1 aromatic rings. The molecule has 6 heteroatoms. The van der Waals surface area contributed by atoms with Crippen molar-refractivity contribution < 1.29 is 13.6 Å². The van der Waals surface area contributed by atoms with Crippen molar-refractivity contribution in [3.05, 3.63) is 22.4 Å². The normalized spacial score (nSPS) is 20.9. The highest BCUT2D eigenvalue weighted by Gasteiger charge is 2.31. The molecule has 1 aliphatic heterocycles. The van der Waals surface area contributed by atoms with Gasteiger partial charge in [0.25, 0.3) is 12.3 Å². The molecule has 2 rings (SSSR count). The molecule has 0 radical (unpaired) electrons. The number of nitrogens with one attached hydrogen (secondary N) is 1. The van der Waals surface area contributed by atoms with Gasteiger partial charge in [0.05, 0.1) is 0 Å². The van der Waals surface area contributed by atoms with E-state index >= 15 is 0 Å². The molecule has 1 aromatic heterocycles. The first-order chi connectivity index (χ1) is 6.59. The molecule has 2 heterocycles. The second kappa shape index (κ2) is 3.34. The van der Waals surface area contributed by atoms with Gasteiger partial charge in [0.1, 0.15) is 11.7 Å². The van der Waals surface area contributed by atoms with Crippen LogP contribution in [0.5, 0.6) is 0 Å². The molecule has 3 nitrogen and oxygen atoms in total. The standard InChI is InChI=1S/C8H7BrF2N2O/c9-4-1-5-8(14)12-2-6(7(10)11)13(5)3-4/h1,3,6-7H,2H2,(H,12,14). The lowest BCUT2D eigenvalue weighted by molar-refractivity contribution is 0.0657. The van der Waals surface area contributed by atoms with Crippen molar-refractivity contribution in [2.45, 2.75) is 12.5 Å². The number of alkyl halides is 2. The summed E-state index contributed by atoms with van der Waals surface area (Å²) in [6.45, 7) is -0.0232. The quantitative estimate of drug-likeness (QED) is 0.825. The Morgan fingerprint density at radius 3 is 3.00 bits per heavy atom. The minimum absolute atomic E-state index is 0.0232. The second-order valence-electron chi connectivity index (χ2n) is 3.06. The molecule has 0 saturated carbocycles. The average Bonchev–Trinajstić information content (AvgIpc) is 2.47. The second-order valence-corrected chi connectivity index (χ2v) is 3.98. The number of fused-ring (bicyclic) bond motifs is 1. The summed E-state index contributed by atoms with van der Waals surface area (Å²) in [6, 6.07) is 0.568. The van der Waals surface area contributed by atoms with E-state index in [1.165, 1.54) is 16.8 Å². The molecule has 0 fully saturated rings. The van der Waals surface area contributed by atoms with Gasteiger partial charge in [0.15, 0.2) is 0 Å². The van der Waals surface area contributed by atoms with Crippen LogP contribution in [-0.4, -0.2) is 23.4 Å². The molecule has 0 saturated heterocycles. The summed E-state index contributed by atoms with van der Waals surface area (Å²) in [5.74, 6) is -0.312. The Kier molecular flexibility index (Phi) is 2.30. The number of hydrogen-bond donors (Lipinski definition) is 1. The zero-order chi connectivity index (χ0) is 10.3. The number of carbonyl (C=O) groups excluding carboxylic acids is 1. The van der Waals surface area contributed by atoms with E-state index in [9.17, 15) is 13.6 Å². The summed E-state index contributed by atoms with van der Waals surface area (Å²) < 4.78 is 27.0. The number of amides is 1. The van der Waals surface area contributed by atoms with Crippen LogP contribution < -0.4 is 5.32 Å². The predicted octanol–water partition coefficient (Wildman–Crippen LogP) is 1.80. The summed E-state index contributed by atoms with van der Waals surface area (Å²) in [6.07, 6.45) is -0.973. The van der Waals surface area contributed by atoms with Gasteiger partial charge in [-0.3, -0.25) is 4.79 Å². The van der Waals surface area contributed by atoms with Crippen molar-refractivity contribution in [2.24, 2.45) is 0 Å². The molecule has 76 valence electrons. The molecular formula is C8H7BrF2N2O. The molecule has 1 atom stereocenters. The minimum atomic E-state index is -2.48. The number of carbonyl (C=O) groups is 1. The summed E-state index contributed by atoms with van der Waals surface area (Å²) in [5.41, 5.74) is 0.272. The topological polar surface area (TPSA) is 34.0 Å². The largest absolute Gasteiger partial charge is 0.348 e. The van der Waals surface area contributed by atoms with Gasteiger partial charge in [-0.05, 0) is 22.0 Å². The summed E-state index contributed by atoms with van der Waals surface area (Å²) >= 11 is 3.15. The van der Waals surface area contributed by atoms with Gasteiger partial charge < -0.3 is 9.88 Å². The van der Waals surface area contributed by atoms with E-state index in [4.69, 9.17) is 0 Å². The first-order valence-electron chi connectivity index (χ1n) is 4.03. The smallest absolute Gasteiger partial charge is 0.268 e. The SMILES string of the molecule is O=C1NCC(C(F)F)n2cc(Br)cc21. The molecule has 0 aliphatic carbocycles. The summed E-state index contributed by atoms with van der Waals surface area (Å²) in [7, 11) is 0. The third-order valence-corrected chi connectivity index (χ3v) is 2.60. The van der Waals surface area contributed by atoms with Crippen molar-refractivity contribution >= 4 is 21.8 Å². The van der Waals surface area contributed by atoms with Gasteiger partial charge in [-0.25, -0.2) is 8.78 Å². The van der Waals surface area contributed by atoms with E-state index in [1.54, 1.807) is 0 Å². The molecule has 0 aromatic carbocycles. The van der Waals surface area contributed by atoms with Crippen molar-refractivity contribution in [2.75, 3.05) is 6.54 Å². The zero-order valence-electron chi connectivity index (χ0n) is 7.01. The van der Waals surface area contributed by atoms with Crippen molar-refractivity contribution in [1.29, 1.82) is 0 Å². The third-order valence-electron chi connectivity index (χ3n) is 2.17. The van der Waals surface area contributed by atoms with Gasteiger partial charge in [-0.2, -0.15) is 0 Å². The maximum atomic E-state index is 12.5. The van der Waals surface area contributed by atoms with Crippen LogP contribution in [0.3, 0.4) is 0 Å². The Morgan fingerprint density at radius 1 is 1.64 bits per heavy atom. The van der Waals surface area contributed by atoms with E-state index in [2.05, 4.69) is 21.2 Å². The lowest BCUT2D eigenvalue weighted by Crippen LogP contribution is -2.41. The first-order valence-corrected chi connectivity index (χ1v) is 4.82. The molecule has 1 amide bonds. The Labute approximate surface area is 87.2 Å². The highest BCUT2D eigenvalue weighted by atomic mass is 79.9. The molecule has 0 spiro atoms. The predicted molar refractivity (Wildman–Crippen MR) is 49.5 cm³/mol. The minimum Gasteiger partial charge on any atom is -0.348 e. The summed E-state index contributed by atoms with van der Waals surface area (Å²) in [5, 5.41) is 2.42. The van der Waals surface area contributed by atoms with Crippen molar-refractivity contribution in [3.63, 3.8) is 0 Å². The highest BCUT2D eigenvalue weighted by molar-refractivity contribution is 9.10. The number of halogens is 3. The van der Waals surface area contributed by atoms with Crippen LogP contribution >= 0.6 is 15.9 Å². The van der Waals surface area contributed by atoms with E-state index in [0.717, 1.165) is 0 Å². The fourth-order valence-corrected chi connectivity index (χ4v) is 1.94. The zero-order valence-corrected chi connectivity index (χ0v) is 8.59. The van der Waals surface area contributed by atoms with Gasteiger partial charge in [-0.15, -0.1) is 0 Å². The summed E-state index contributed by atoms with van der Waals surface area (Å²) in [4.78, 5) is 11.3. The van der Waals surface area contributed by atoms with Crippen LogP contribution in [0.1, 0.15) is 16.5 Å². The Balaban J connectivity index is 2.46. The number of hydrogen-bond acceptors (Lipinski definition) is 1. The third kappa shape index (κ3) is 1.43. The Bertz CT molecular complexity index is 377. The highest BCUT2D eigenvalue weighted by Crippen LogP contribution is 2.26. The fourth-order valence-electron chi connectivity index (χ4n) is 1.50. The molecule has 1 aliphatic rings. The number of nitrogens with zero attached hydrogens (tertiary/aromatic N) is 1. The fraction of sp³-hybridized carbons (Fsp3) is 0.375. The van der Waals surface area contributed by atoms with Crippen molar-refractivity contribution in [3.8, 4) is 0 Å². The maximum absolute atomic E-state index is 12.5. The monoisotopic (exact) mass is 264 g/mol. The number of rotatable bonds is 1. The molecule has 0 bridgehead atoms. The van der Waals surface area contributed by atoms with Crippen LogP contribution in [0.25, 0.3) is 0 Å².